The van der Waals surface area contributed by atoms with Crippen molar-refractivity contribution in [2.75, 3.05) is 10.0 Å². The van der Waals surface area contributed by atoms with Crippen LogP contribution in [0.2, 0.25) is 0 Å². The van der Waals surface area contributed by atoms with Gasteiger partial charge in [-0.1, -0.05) is 41.7 Å². The van der Waals surface area contributed by atoms with Crippen LogP contribution in [0.1, 0.15) is 37.6 Å². The standard InChI is InChI=1S/C22H27N3O2S2/c1-14-9-7-8-10-18(14)25-29(26,27)19-13-17(12-11-15(19)2)20-16(3)23-21(28-20)24-22(4,5)6/h7-13,25H,1-6H3,(H,23,24). The molecular weight excluding hydrogens is 402 g/mol. The van der Waals surface area contributed by atoms with Gasteiger partial charge in [-0.15, -0.1) is 0 Å². The second-order valence-corrected chi connectivity index (χ2v) is 10.9. The van der Waals surface area contributed by atoms with E-state index in [4.69, 9.17) is 0 Å². The molecule has 0 aliphatic heterocycles. The number of thiazole rings is 1. The third-order valence-electron chi connectivity index (χ3n) is 4.41. The zero-order chi connectivity index (χ0) is 21.4. The summed E-state index contributed by atoms with van der Waals surface area (Å²) in [7, 11) is -3.71. The second-order valence-electron chi connectivity index (χ2n) is 8.21. The predicted molar refractivity (Wildman–Crippen MR) is 122 cm³/mol. The molecule has 7 heteroatoms. The van der Waals surface area contributed by atoms with E-state index in [0.29, 0.717) is 11.3 Å². The number of anilines is 2. The Morgan fingerprint density at radius 2 is 1.66 bits per heavy atom. The number of nitrogens with one attached hydrogen (secondary N) is 2. The lowest BCUT2D eigenvalue weighted by Crippen LogP contribution is -2.25. The zero-order valence-electron chi connectivity index (χ0n) is 17.6. The van der Waals surface area contributed by atoms with E-state index in [2.05, 4.69) is 35.8 Å². The van der Waals surface area contributed by atoms with Crippen molar-refractivity contribution in [2.45, 2.75) is 52.0 Å². The van der Waals surface area contributed by atoms with Gasteiger partial charge >= 0.3 is 0 Å². The Morgan fingerprint density at radius 1 is 0.966 bits per heavy atom. The maximum Gasteiger partial charge on any atom is 0.262 e. The van der Waals surface area contributed by atoms with Gasteiger partial charge in [-0.3, -0.25) is 4.72 Å². The number of nitrogens with zero attached hydrogens (tertiary/aromatic N) is 1. The number of sulfonamides is 1. The van der Waals surface area contributed by atoms with Crippen LogP contribution < -0.4 is 10.0 Å². The molecule has 1 heterocycles. The predicted octanol–water partition coefficient (Wildman–Crippen LogP) is 5.75. The van der Waals surface area contributed by atoms with E-state index in [-0.39, 0.29) is 10.4 Å². The van der Waals surface area contributed by atoms with E-state index in [1.165, 1.54) is 11.3 Å². The lowest BCUT2D eigenvalue weighted by Gasteiger charge is -2.19. The molecule has 0 atom stereocenters. The molecule has 0 fully saturated rings. The Labute approximate surface area is 177 Å². The average molecular weight is 430 g/mol. The summed E-state index contributed by atoms with van der Waals surface area (Å²) in [4.78, 5) is 5.84. The van der Waals surface area contributed by atoms with Crippen molar-refractivity contribution in [1.82, 2.24) is 4.98 Å². The Balaban J connectivity index is 2.00. The van der Waals surface area contributed by atoms with Gasteiger partial charge in [0.05, 0.1) is 21.2 Å². The monoisotopic (exact) mass is 429 g/mol. The SMILES string of the molecule is Cc1ccccc1NS(=O)(=O)c1cc(-c2sc(NC(C)(C)C)nc2C)ccc1C. The summed E-state index contributed by atoms with van der Waals surface area (Å²) in [6.45, 7) is 11.9. The van der Waals surface area contributed by atoms with Crippen LogP contribution >= 0.6 is 11.3 Å². The minimum atomic E-state index is -3.71. The molecule has 0 aliphatic carbocycles. The van der Waals surface area contributed by atoms with Gasteiger partial charge in [0.1, 0.15) is 0 Å². The fourth-order valence-corrected chi connectivity index (χ4v) is 5.53. The third kappa shape index (κ3) is 4.97. The van der Waals surface area contributed by atoms with E-state index < -0.39 is 10.0 Å². The molecule has 0 saturated heterocycles. The quantitative estimate of drug-likeness (QED) is 0.542. The summed E-state index contributed by atoms with van der Waals surface area (Å²) in [6, 6.07) is 12.9. The van der Waals surface area contributed by atoms with Crippen molar-refractivity contribution >= 4 is 32.2 Å². The molecule has 1 aromatic heterocycles. The van der Waals surface area contributed by atoms with Gasteiger partial charge < -0.3 is 5.32 Å². The molecule has 29 heavy (non-hydrogen) atoms. The molecule has 0 amide bonds. The number of para-hydroxylation sites is 1. The molecule has 0 spiro atoms. The third-order valence-corrected chi connectivity index (χ3v) is 7.04. The molecule has 3 rings (SSSR count). The topological polar surface area (TPSA) is 71.1 Å². The Morgan fingerprint density at radius 3 is 2.31 bits per heavy atom. The summed E-state index contributed by atoms with van der Waals surface area (Å²) in [5.74, 6) is 0. The molecule has 0 bridgehead atoms. The highest BCUT2D eigenvalue weighted by atomic mass is 32.2. The molecule has 0 aliphatic rings. The van der Waals surface area contributed by atoms with Crippen molar-refractivity contribution in [2.24, 2.45) is 0 Å². The summed E-state index contributed by atoms with van der Waals surface area (Å²) in [5.41, 5.74) is 3.79. The summed E-state index contributed by atoms with van der Waals surface area (Å²) >= 11 is 1.53. The van der Waals surface area contributed by atoms with E-state index >= 15 is 0 Å². The molecule has 0 unspecified atom stereocenters. The van der Waals surface area contributed by atoms with Crippen molar-refractivity contribution in [3.63, 3.8) is 0 Å². The van der Waals surface area contributed by atoms with Crippen LogP contribution in [0.15, 0.2) is 47.4 Å². The first-order valence-electron chi connectivity index (χ1n) is 9.41. The summed E-state index contributed by atoms with van der Waals surface area (Å²) < 4.78 is 28.9. The Bertz CT molecular complexity index is 1140. The number of benzene rings is 2. The van der Waals surface area contributed by atoms with Gasteiger partial charge in [-0.25, -0.2) is 13.4 Å². The van der Waals surface area contributed by atoms with Crippen LogP contribution in [-0.2, 0) is 10.0 Å². The van der Waals surface area contributed by atoms with Crippen LogP contribution in [0.5, 0.6) is 0 Å². The van der Waals surface area contributed by atoms with E-state index in [1.54, 1.807) is 12.1 Å². The smallest absolute Gasteiger partial charge is 0.262 e. The molecule has 154 valence electrons. The first kappa shape index (κ1) is 21.3. The first-order chi connectivity index (χ1) is 13.5. The first-order valence-corrected chi connectivity index (χ1v) is 11.7. The van der Waals surface area contributed by atoms with Crippen LogP contribution in [0.25, 0.3) is 10.4 Å². The fourth-order valence-electron chi connectivity index (χ4n) is 2.96. The minimum absolute atomic E-state index is 0.0964. The molecule has 3 aromatic rings. The second kappa shape index (κ2) is 7.80. The van der Waals surface area contributed by atoms with E-state index in [0.717, 1.165) is 26.8 Å². The zero-order valence-corrected chi connectivity index (χ0v) is 19.3. The fraction of sp³-hybridized carbons (Fsp3) is 0.318. The highest BCUT2D eigenvalue weighted by Gasteiger charge is 2.21. The van der Waals surface area contributed by atoms with Crippen LogP contribution in [0, 0.1) is 20.8 Å². The largest absolute Gasteiger partial charge is 0.357 e. The van der Waals surface area contributed by atoms with Gasteiger partial charge in [0.15, 0.2) is 5.13 Å². The van der Waals surface area contributed by atoms with E-state index in [1.807, 2.05) is 51.1 Å². The minimum Gasteiger partial charge on any atom is -0.357 e. The lowest BCUT2D eigenvalue weighted by atomic mass is 10.1. The average Bonchev–Trinajstić information content (AvgIpc) is 2.95. The van der Waals surface area contributed by atoms with E-state index in [9.17, 15) is 8.42 Å². The summed E-state index contributed by atoms with van der Waals surface area (Å²) in [5, 5.41) is 4.21. The highest BCUT2D eigenvalue weighted by molar-refractivity contribution is 7.92. The maximum atomic E-state index is 13.1. The van der Waals surface area contributed by atoms with Crippen LogP contribution in [-0.4, -0.2) is 18.9 Å². The molecular formula is C22H27N3O2S2. The summed E-state index contributed by atoms with van der Waals surface area (Å²) in [6.07, 6.45) is 0. The van der Waals surface area contributed by atoms with Gasteiger partial charge in [-0.2, -0.15) is 0 Å². The van der Waals surface area contributed by atoms with Gasteiger partial charge in [0.2, 0.25) is 0 Å². The number of aryl methyl sites for hydroxylation is 3. The Kier molecular flexibility index (Phi) is 5.74. The van der Waals surface area contributed by atoms with Crippen molar-refractivity contribution < 1.29 is 8.42 Å². The van der Waals surface area contributed by atoms with Crippen molar-refractivity contribution in [3.8, 4) is 10.4 Å². The molecule has 0 radical (unpaired) electrons. The van der Waals surface area contributed by atoms with Crippen molar-refractivity contribution in [1.29, 1.82) is 0 Å². The van der Waals surface area contributed by atoms with Gasteiger partial charge in [0.25, 0.3) is 10.0 Å². The number of hydrogen-bond donors (Lipinski definition) is 2. The normalized spacial score (nSPS) is 12.1. The number of hydrogen-bond acceptors (Lipinski definition) is 5. The van der Waals surface area contributed by atoms with Crippen LogP contribution in [0.3, 0.4) is 0 Å². The maximum absolute atomic E-state index is 13.1. The van der Waals surface area contributed by atoms with Gasteiger partial charge in [-0.05, 0) is 70.4 Å². The van der Waals surface area contributed by atoms with Crippen molar-refractivity contribution in [3.05, 3.63) is 59.3 Å². The van der Waals surface area contributed by atoms with Gasteiger partial charge in [0, 0.05) is 5.54 Å². The molecule has 0 saturated carbocycles. The molecule has 2 N–H and O–H groups in total. The number of aromatic nitrogens is 1. The molecule has 2 aromatic carbocycles. The number of rotatable bonds is 5. The lowest BCUT2D eigenvalue weighted by molar-refractivity contribution is 0.600. The van der Waals surface area contributed by atoms with Crippen LogP contribution in [0.4, 0.5) is 10.8 Å². The molecule has 5 nitrogen and oxygen atoms in total. The highest BCUT2D eigenvalue weighted by Crippen LogP contribution is 2.35. The Hall–Kier alpha value is -2.38.